The lowest BCUT2D eigenvalue weighted by molar-refractivity contribution is -0.384. The van der Waals surface area contributed by atoms with E-state index >= 15 is 0 Å². The van der Waals surface area contributed by atoms with E-state index in [2.05, 4.69) is 13.8 Å². The van der Waals surface area contributed by atoms with E-state index in [0.717, 1.165) is 19.5 Å². The lowest BCUT2D eigenvalue weighted by Crippen LogP contribution is -2.47. The minimum absolute atomic E-state index is 0.0854. The molecule has 23 heavy (non-hydrogen) atoms. The van der Waals surface area contributed by atoms with Crippen molar-refractivity contribution in [2.75, 3.05) is 13.1 Å². The summed E-state index contributed by atoms with van der Waals surface area (Å²) in [6.45, 7) is 7.39. The topological polar surface area (TPSA) is 72.7 Å². The lowest BCUT2D eigenvalue weighted by atomic mass is 9.91. The van der Waals surface area contributed by atoms with Gasteiger partial charge >= 0.3 is 0 Å². The number of non-ortho nitro benzene ring substituents is 1. The molecule has 1 aliphatic heterocycles. The number of carbonyl (C=O) groups is 1. The third kappa shape index (κ3) is 4.34. The first-order valence-electron chi connectivity index (χ1n) is 7.67. The van der Waals surface area contributed by atoms with Gasteiger partial charge in [-0.25, -0.2) is 0 Å². The zero-order chi connectivity index (χ0) is 17.1. The van der Waals surface area contributed by atoms with Crippen LogP contribution in [0, 0.1) is 22.0 Å². The Labute approximate surface area is 140 Å². The van der Waals surface area contributed by atoms with Gasteiger partial charge < -0.3 is 9.64 Å². The molecule has 1 amide bonds. The zero-order valence-electron chi connectivity index (χ0n) is 13.5. The first-order chi connectivity index (χ1) is 10.8. The van der Waals surface area contributed by atoms with Crippen LogP contribution in [0.1, 0.15) is 27.2 Å². The van der Waals surface area contributed by atoms with E-state index in [9.17, 15) is 14.9 Å². The number of nitrogens with zero attached hydrogens (tertiary/aromatic N) is 2. The molecule has 6 nitrogen and oxygen atoms in total. The number of halogens is 1. The molecule has 0 radical (unpaired) electrons. The van der Waals surface area contributed by atoms with E-state index < -0.39 is 11.0 Å². The maximum absolute atomic E-state index is 12.5. The number of amides is 1. The Kier molecular flexibility index (Phi) is 5.46. The summed E-state index contributed by atoms with van der Waals surface area (Å²) in [5.41, 5.74) is -0.111. The molecule has 1 fully saturated rings. The number of piperidine rings is 1. The molecule has 2 rings (SSSR count). The van der Waals surface area contributed by atoms with E-state index in [0.29, 0.717) is 11.8 Å². The van der Waals surface area contributed by atoms with E-state index in [1.165, 1.54) is 18.2 Å². The summed E-state index contributed by atoms with van der Waals surface area (Å²) in [7, 11) is 0. The highest BCUT2D eigenvalue weighted by atomic mass is 35.5. The van der Waals surface area contributed by atoms with Crippen LogP contribution in [0.3, 0.4) is 0 Å². The molecule has 0 saturated carbocycles. The van der Waals surface area contributed by atoms with Gasteiger partial charge in [-0.3, -0.25) is 14.9 Å². The molecule has 126 valence electrons. The fourth-order valence-electron chi connectivity index (χ4n) is 3.04. The molecule has 0 unspecified atom stereocenters. The van der Waals surface area contributed by atoms with Crippen LogP contribution < -0.4 is 4.74 Å². The Morgan fingerprint density at radius 3 is 2.52 bits per heavy atom. The summed E-state index contributed by atoms with van der Waals surface area (Å²) < 4.78 is 5.62. The Morgan fingerprint density at radius 2 is 2.00 bits per heavy atom. The van der Waals surface area contributed by atoms with Crippen molar-refractivity contribution in [3.05, 3.63) is 33.3 Å². The highest BCUT2D eigenvalue weighted by Gasteiger charge is 2.29. The van der Waals surface area contributed by atoms with Gasteiger partial charge in [-0.1, -0.05) is 25.4 Å². The SMILES string of the molecule is C[C@@H]1C[C@H](C)CN(C(=O)[C@@H](C)Oc2ccc([N+](=O)[O-])cc2Cl)C1. The van der Waals surface area contributed by atoms with Crippen LogP contribution in [0.2, 0.25) is 5.02 Å². The van der Waals surface area contributed by atoms with Crippen molar-refractivity contribution in [2.45, 2.75) is 33.3 Å². The number of nitro benzene ring substituents is 1. The molecule has 1 saturated heterocycles. The van der Waals surface area contributed by atoms with Gasteiger partial charge in [0.15, 0.2) is 6.10 Å². The molecular weight excluding hydrogens is 320 g/mol. The third-order valence-corrected chi connectivity index (χ3v) is 4.25. The van der Waals surface area contributed by atoms with Crippen molar-refractivity contribution in [1.82, 2.24) is 4.90 Å². The van der Waals surface area contributed by atoms with Gasteiger partial charge in [0.2, 0.25) is 0 Å². The number of hydrogen-bond donors (Lipinski definition) is 0. The predicted octanol–water partition coefficient (Wildman–Crippen LogP) is 3.52. The number of rotatable bonds is 4. The Balaban J connectivity index is 2.05. The molecule has 1 aliphatic rings. The van der Waals surface area contributed by atoms with Crippen LogP contribution in [0.25, 0.3) is 0 Å². The average Bonchev–Trinajstić information content (AvgIpc) is 2.47. The maximum Gasteiger partial charge on any atom is 0.271 e. The summed E-state index contributed by atoms with van der Waals surface area (Å²) in [6.07, 6.45) is 0.430. The number of likely N-dealkylation sites (tertiary alicyclic amines) is 1. The second-order valence-electron chi connectivity index (χ2n) is 6.32. The van der Waals surface area contributed by atoms with Crippen molar-refractivity contribution in [3.8, 4) is 5.75 Å². The Bertz CT molecular complexity index is 598. The van der Waals surface area contributed by atoms with Gasteiger partial charge in [0.25, 0.3) is 11.6 Å². The summed E-state index contributed by atoms with van der Waals surface area (Å²) in [6, 6.07) is 3.95. The van der Waals surface area contributed by atoms with Crippen LogP contribution in [-0.2, 0) is 4.79 Å². The monoisotopic (exact) mass is 340 g/mol. The van der Waals surface area contributed by atoms with Gasteiger partial charge in [0.05, 0.1) is 9.95 Å². The standard InChI is InChI=1S/C16H21ClN2O4/c1-10-6-11(2)9-18(8-10)16(20)12(3)23-15-5-4-13(19(21)22)7-14(15)17/h4-5,7,10-12H,6,8-9H2,1-3H3/t10-,11+,12-/m1/s1. The molecule has 0 N–H and O–H groups in total. The number of nitro groups is 1. The van der Waals surface area contributed by atoms with E-state index in [4.69, 9.17) is 16.3 Å². The van der Waals surface area contributed by atoms with E-state index in [1.807, 2.05) is 4.90 Å². The minimum Gasteiger partial charge on any atom is -0.479 e. The largest absolute Gasteiger partial charge is 0.479 e. The first-order valence-corrected chi connectivity index (χ1v) is 8.05. The van der Waals surface area contributed by atoms with Gasteiger partial charge in [-0.05, 0) is 31.2 Å². The molecule has 1 heterocycles. The average molecular weight is 341 g/mol. The molecule has 0 aliphatic carbocycles. The van der Waals surface area contributed by atoms with Crippen molar-refractivity contribution in [2.24, 2.45) is 11.8 Å². The molecule has 1 aromatic carbocycles. The molecule has 0 spiro atoms. The summed E-state index contributed by atoms with van der Waals surface area (Å²) in [4.78, 5) is 24.5. The number of ether oxygens (including phenoxy) is 1. The minimum atomic E-state index is -0.688. The Hall–Kier alpha value is -1.82. The van der Waals surface area contributed by atoms with E-state index in [1.54, 1.807) is 6.92 Å². The maximum atomic E-state index is 12.5. The smallest absolute Gasteiger partial charge is 0.271 e. The van der Waals surface area contributed by atoms with Crippen molar-refractivity contribution < 1.29 is 14.5 Å². The van der Waals surface area contributed by atoms with Gasteiger partial charge in [0.1, 0.15) is 5.75 Å². The highest BCUT2D eigenvalue weighted by Crippen LogP contribution is 2.30. The fraction of sp³-hybridized carbons (Fsp3) is 0.562. The molecule has 0 aromatic heterocycles. The second-order valence-corrected chi connectivity index (χ2v) is 6.73. The van der Waals surface area contributed by atoms with Gasteiger partial charge in [-0.15, -0.1) is 0 Å². The molecule has 1 aromatic rings. The van der Waals surface area contributed by atoms with Gasteiger partial charge in [-0.2, -0.15) is 0 Å². The summed E-state index contributed by atoms with van der Waals surface area (Å²) in [5, 5.41) is 10.8. The lowest BCUT2D eigenvalue weighted by Gasteiger charge is -2.36. The quantitative estimate of drug-likeness (QED) is 0.621. The van der Waals surface area contributed by atoms with Crippen LogP contribution in [0.4, 0.5) is 5.69 Å². The van der Waals surface area contributed by atoms with Crippen molar-refractivity contribution in [3.63, 3.8) is 0 Å². The molecule has 7 heteroatoms. The van der Waals surface area contributed by atoms with Crippen LogP contribution >= 0.6 is 11.6 Å². The molecule has 3 atom stereocenters. The summed E-state index contributed by atoms with van der Waals surface area (Å²) in [5.74, 6) is 1.13. The summed E-state index contributed by atoms with van der Waals surface area (Å²) >= 11 is 6.00. The fourth-order valence-corrected chi connectivity index (χ4v) is 3.26. The molecule has 0 bridgehead atoms. The van der Waals surface area contributed by atoms with Crippen molar-refractivity contribution in [1.29, 1.82) is 0 Å². The second kappa shape index (κ2) is 7.17. The molecular formula is C16H21ClN2O4. The van der Waals surface area contributed by atoms with Crippen LogP contribution in [0.15, 0.2) is 18.2 Å². The Morgan fingerprint density at radius 1 is 1.39 bits per heavy atom. The predicted molar refractivity (Wildman–Crippen MR) is 87.7 cm³/mol. The highest BCUT2D eigenvalue weighted by molar-refractivity contribution is 6.32. The normalized spacial score (nSPS) is 22.5. The van der Waals surface area contributed by atoms with Gasteiger partial charge in [0, 0.05) is 25.2 Å². The third-order valence-electron chi connectivity index (χ3n) is 3.96. The number of carbonyl (C=O) groups excluding carboxylic acids is 1. The van der Waals surface area contributed by atoms with Crippen LogP contribution in [-0.4, -0.2) is 34.9 Å². The number of benzene rings is 1. The van der Waals surface area contributed by atoms with Crippen molar-refractivity contribution >= 4 is 23.2 Å². The van der Waals surface area contributed by atoms with E-state index in [-0.39, 0.29) is 22.4 Å². The zero-order valence-corrected chi connectivity index (χ0v) is 14.2. The van der Waals surface area contributed by atoms with Crippen LogP contribution in [0.5, 0.6) is 5.75 Å². The first kappa shape index (κ1) is 17.5. The number of hydrogen-bond acceptors (Lipinski definition) is 4.